The molecular formula is C10H20N2O4. The van der Waals surface area contributed by atoms with E-state index in [4.69, 9.17) is 4.74 Å². The van der Waals surface area contributed by atoms with Crippen molar-refractivity contribution in [1.82, 2.24) is 10.6 Å². The maximum atomic E-state index is 11.2. The number of carbonyl (C=O) groups excluding carboxylic acids is 2. The molecule has 0 spiro atoms. The number of hydrogen-bond donors (Lipinski definition) is 2. The van der Waals surface area contributed by atoms with Crippen LogP contribution in [0.3, 0.4) is 0 Å². The van der Waals surface area contributed by atoms with Crippen LogP contribution in [-0.2, 0) is 9.47 Å². The van der Waals surface area contributed by atoms with Crippen molar-refractivity contribution in [2.45, 2.75) is 33.3 Å². The lowest BCUT2D eigenvalue weighted by molar-refractivity contribution is 0.0527. The number of rotatable bonds is 4. The number of alkyl carbamates (subject to hydrolysis) is 2. The van der Waals surface area contributed by atoms with E-state index in [0.717, 1.165) is 0 Å². The molecule has 0 radical (unpaired) electrons. The van der Waals surface area contributed by atoms with Crippen molar-refractivity contribution in [3.05, 3.63) is 0 Å². The average molecular weight is 232 g/mol. The zero-order chi connectivity index (χ0) is 12.6. The van der Waals surface area contributed by atoms with Crippen molar-refractivity contribution in [2.75, 3.05) is 19.7 Å². The monoisotopic (exact) mass is 232 g/mol. The quantitative estimate of drug-likeness (QED) is 0.715. The SMILES string of the molecule is CCOC(=O)NCCNC(=O)OC(C)(C)C. The van der Waals surface area contributed by atoms with E-state index in [-0.39, 0.29) is 0 Å². The highest BCUT2D eigenvalue weighted by Gasteiger charge is 2.15. The lowest BCUT2D eigenvalue weighted by Crippen LogP contribution is -2.38. The van der Waals surface area contributed by atoms with Crippen molar-refractivity contribution in [3.8, 4) is 0 Å². The Morgan fingerprint density at radius 3 is 2.00 bits per heavy atom. The third kappa shape index (κ3) is 9.11. The third-order valence-electron chi connectivity index (χ3n) is 1.34. The summed E-state index contributed by atoms with van der Waals surface area (Å²) in [6, 6.07) is 0. The molecule has 0 fully saturated rings. The molecule has 6 heteroatoms. The van der Waals surface area contributed by atoms with Gasteiger partial charge in [-0.05, 0) is 27.7 Å². The molecule has 0 saturated carbocycles. The van der Waals surface area contributed by atoms with Gasteiger partial charge in [0.25, 0.3) is 0 Å². The Balaban J connectivity index is 3.52. The number of ether oxygens (including phenoxy) is 2. The van der Waals surface area contributed by atoms with Crippen LogP contribution in [0, 0.1) is 0 Å². The van der Waals surface area contributed by atoms with Gasteiger partial charge in [-0.15, -0.1) is 0 Å². The summed E-state index contributed by atoms with van der Waals surface area (Å²) in [4.78, 5) is 22.0. The van der Waals surface area contributed by atoms with Crippen LogP contribution in [0.1, 0.15) is 27.7 Å². The summed E-state index contributed by atoms with van der Waals surface area (Å²) < 4.78 is 9.63. The van der Waals surface area contributed by atoms with E-state index in [9.17, 15) is 9.59 Å². The molecule has 0 aromatic rings. The van der Waals surface area contributed by atoms with Crippen molar-refractivity contribution in [2.24, 2.45) is 0 Å². The van der Waals surface area contributed by atoms with E-state index in [1.165, 1.54) is 0 Å². The van der Waals surface area contributed by atoms with Crippen molar-refractivity contribution >= 4 is 12.2 Å². The predicted octanol–water partition coefficient (Wildman–Crippen LogP) is 1.26. The van der Waals surface area contributed by atoms with Crippen LogP contribution < -0.4 is 10.6 Å². The Hall–Kier alpha value is -1.46. The molecule has 0 unspecified atom stereocenters. The fourth-order valence-corrected chi connectivity index (χ4v) is 0.825. The van der Waals surface area contributed by atoms with E-state index in [2.05, 4.69) is 15.4 Å². The second kappa shape index (κ2) is 6.92. The molecule has 0 aromatic heterocycles. The topological polar surface area (TPSA) is 76.7 Å². The molecule has 0 aliphatic heterocycles. The number of carbonyl (C=O) groups is 2. The van der Waals surface area contributed by atoms with Crippen LogP contribution in [0.2, 0.25) is 0 Å². The van der Waals surface area contributed by atoms with Gasteiger partial charge in [0.1, 0.15) is 5.60 Å². The summed E-state index contributed by atoms with van der Waals surface area (Å²) in [5.41, 5.74) is -0.515. The Kier molecular flexibility index (Phi) is 6.29. The molecule has 94 valence electrons. The van der Waals surface area contributed by atoms with Crippen LogP contribution in [0.4, 0.5) is 9.59 Å². The largest absolute Gasteiger partial charge is 0.450 e. The first-order chi connectivity index (χ1) is 7.35. The molecule has 0 heterocycles. The van der Waals surface area contributed by atoms with E-state index in [1.807, 2.05) is 0 Å². The molecule has 0 bridgehead atoms. The van der Waals surface area contributed by atoms with Gasteiger partial charge < -0.3 is 20.1 Å². The van der Waals surface area contributed by atoms with Crippen LogP contribution in [-0.4, -0.2) is 37.5 Å². The number of nitrogens with one attached hydrogen (secondary N) is 2. The van der Waals surface area contributed by atoms with Crippen LogP contribution in [0.5, 0.6) is 0 Å². The Morgan fingerprint density at radius 1 is 1.06 bits per heavy atom. The zero-order valence-electron chi connectivity index (χ0n) is 10.3. The number of hydrogen-bond acceptors (Lipinski definition) is 4. The second-order valence-electron chi connectivity index (χ2n) is 4.08. The molecular weight excluding hydrogens is 212 g/mol. The Bertz CT molecular complexity index is 235. The zero-order valence-corrected chi connectivity index (χ0v) is 10.3. The highest BCUT2D eigenvalue weighted by atomic mass is 16.6. The summed E-state index contributed by atoms with van der Waals surface area (Å²) in [7, 11) is 0. The first kappa shape index (κ1) is 14.5. The fraction of sp³-hybridized carbons (Fsp3) is 0.800. The molecule has 0 aliphatic carbocycles. The lowest BCUT2D eigenvalue weighted by Gasteiger charge is -2.19. The van der Waals surface area contributed by atoms with Gasteiger partial charge in [0.05, 0.1) is 6.61 Å². The van der Waals surface area contributed by atoms with Crippen molar-refractivity contribution in [3.63, 3.8) is 0 Å². The molecule has 0 aliphatic rings. The average Bonchev–Trinajstić information content (AvgIpc) is 2.10. The van der Waals surface area contributed by atoms with Gasteiger partial charge in [-0.1, -0.05) is 0 Å². The van der Waals surface area contributed by atoms with Crippen LogP contribution in [0.25, 0.3) is 0 Å². The van der Waals surface area contributed by atoms with E-state index < -0.39 is 17.8 Å². The summed E-state index contributed by atoms with van der Waals surface area (Å²) in [6.07, 6.45) is -0.994. The Morgan fingerprint density at radius 2 is 1.56 bits per heavy atom. The molecule has 0 saturated heterocycles. The van der Waals surface area contributed by atoms with E-state index in [0.29, 0.717) is 19.7 Å². The summed E-state index contributed by atoms with van der Waals surface area (Å²) >= 11 is 0. The summed E-state index contributed by atoms with van der Waals surface area (Å²) in [5.74, 6) is 0. The minimum Gasteiger partial charge on any atom is -0.450 e. The molecule has 6 nitrogen and oxygen atoms in total. The molecule has 0 rings (SSSR count). The lowest BCUT2D eigenvalue weighted by atomic mass is 10.2. The minimum absolute atomic E-state index is 0.299. The van der Waals surface area contributed by atoms with Gasteiger partial charge in [0.15, 0.2) is 0 Å². The number of amides is 2. The molecule has 0 aromatic carbocycles. The van der Waals surface area contributed by atoms with Crippen LogP contribution in [0.15, 0.2) is 0 Å². The second-order valence-corrected chi connectivity index (χ2v) is 4.08. The summed E-state index contributed by atoms with van der Waals surface area (Å²) in [5, 5.41) is 4.98. The van der Waals surface area contributed by atoms with E-state index in [1.54, 1.807) is 27.7 Å². The van der Waals surface area contributed by atoms with Crippen molar-refractivity contribution < 1.29 is 19.1 Å². The summed E-state index contributed by atoms with van der Waals surface area (Å²) in [6.45, 7) is 7.99. The third-order valence-corrected chi connectivity index (χ3v) is 1.34. The maximum absolute atomic E-state index is 11.2. The van der Waals surface area contributed by atoms with Crippen molar-refractivity contribution in [1.29, 1.82) is 0 Å². The predicted molar refractivity (Wildman–Crippen MR) is 59.3 cm³/mol. The highest BCUT2D eigenvalue weighted by Crippen LogP contribution is 2.05. The molecule has 2 amide bonds. The van der Waals surface area contributed by atoms with Gasteiger partial charge in [-0.2, -0.15) is 0 Å². The Labute approximate surface area is 95.7 Å². The first-order valence-corrected chi connectivity index (χ1v) is 5.22. The first-order valence-electron chi connectivity index (χ1n) is 5.22. The minimum atomic E-state index is -0.515. The van der Waals surface area contributed by atoms with Crippen LogP contribution >= 0.6 is 0 Å². The molecule has 0 atom stereocenters. The maximum Gasteiger partial charge on any atom is 0.407 e. The molecule has 2 N–H and O–H groups in total. The highest BCUT2D eigenvalue weighted by molar-refractivity contribution is 5.68. The van der Waals surface area contributed by atoms with Gasteiger partial charge in [-0.3, -0.25) is 0 Å². The van der Waals surface area contributed by atoms with Gasteiger partial charge in [0.2, 0.25) is 0 Å². The van der Waals surface area contributed by atoms with Gasteiger partial charge in [0, 0.05) is 13.1 Å². The van der Waals surface area contributed by atoms with E-state index >= 15 is 0 Å². The standard InChI is InChI=1S/C10H20N2O4/c1-5-15-8(13)11-6-7-12-9(14)16-10(2,3)4/h5-7H2,1-4H3,(H,11,13)(H,12,14). The normalized spacial score (nSPS) is 10.5. The van der Waals surface area contributed by atoms with Gasteiger partial charge in [-0.25, -0.2) is 9.59 Å². The molecule has 16 heavy (non-hydrogen) atoms. The fourth-order valence-electron chi connectivity index (χ4n) is 0.825. The smallest absolute Gasteiger partial charge is 0.407 e. The van der Waals surface area contributed by atoms with Gasteiger partial charge >= 0.3 is 12.2 Å².